The molecule has 1 aromatic carbocycles. The summed E-state index contributed by atoms with van der Waals surface area (Å²) in [5.74, 6) is 0.149. The van der Waals surface area contributed by atoms with Crippen LogP contribution in [0.4, 0.5) is 0 Å². The minimum Gasteiger partial charge on any atom is -0.507 e. The lowest BCUT2D eigenvalue weighted by Crippen LogP contribution is -2.06. The first kappa shape index (κ1) is 13.9. The molecule has 0 spiro atoms. The van der Waals surface area contributed by atoms with Gasteiger partial charge in [-0.3, -0.25) is 0 Å². The lowest BCUT2D eigenvalue weighted by molar-refractivity contribution is 0.0525. The van der Waals surface area contributed by atoms with E-state index in [1.165, 1.54) is 6.07 Å². The van der Waals surface area contributed by atoms with Gasteiger partial charge in [-0.2, -0.15) is 0 Å². The zero-order chi connectivity index (χ0) is 13.8. The van der Waals surface area contributed by atoms with Crippen molar-refractivity contribution in [3.05, 3.63) is 29.5 Å². The van der Waals surface area contributed by atoms with Gasteiger partial charge >= 0.3 is 5.97 Å². The highest BCUT2D eigenvalue weighted by Crippen LogP contribution is 2.34. The quantitative estimate of drug-likeness (QED) is 0.673. The van der Waals surface area contributed by atoms with Crippen LogP contribution in [0, 0.1) is 0 Å². The van der Waals surface area contributed by atoms with Crippen molar-refractivity contribution >= 4 is 32.9 Å². The molecular weight excluding hydrogens is 312 g/mol. The first-order chi connectivity index (χ1) is 9.19. The van der Waals surface area contributed by atoms with Gasteiger partial charge in [0, 0.05) is 11.8 Å². The van der Waals surface area contributed by atoms with E-state index in [0.29, 0.717) is 28.7 Å². The van der Waals surface area contributed by atoms with Gasteiger partial charge in [-0.1, -0.05) is 22.0 Å². The van der Waals surface area contributed by atoms with Crippen LogP contribution in [0.15, 0.2) is 22.6 Å². The number of benzene rings is 1. The maximum absolute atomic E-state index is 12.1. The molecular formula is C14H15BrO4. The standard InChI is InChI=1S/C14H15BrO4/c1-2-18-14(17)13-11(7-4-8-15)19-10-6-3-5-9(16)12(10)13/h3,5-6,16H,2,4,7-8H2,1H3. The second-order valence-electron chi connectivity index (χ2n) is 4.06. The Kier molecular flexibility index (Phi) is 4.47. The number of fused-ring (bicyclic) bond motifs is 1. The number of furan rings is 1. The van der Waals surface area contributed by atoms with E-state index >= 15 is 0 Å². The van der Waals surface area contributed by atoms with Crippen molar-refractivity contribution in [2.75, 3.05) is 11.9 Å². The Morgan fingerprint density at radius 3 is 2.95 bits per heavy atom. The summed E-state index contributed by atoms with van der Waals surface area (Å²) in [4.78, 5) is 12.1. The normalized spacial score (nSPS) is 10.8. The second kappa shape index (κ2) is 6.10. The van der Waals surface area contributed by atoms with Crippen LogP contribution in [0.1, 0.15) is 29.5 Å². The number of ether oxygens (including phenoxy) is 1. The van der Waals surface area contributed by atoms with E-state index in [-0.39, 0.29) is 12.4 Å². The highest BCUT2D eigenvalue weighted by atomic mass is 79.9. The number of alkyl halides is 1. The second-order valence-corrected chi connectivity index (χ2v) is 4.86. The molecule has 0 saturated heterocycles. The number of esters is 1. The van der Waals surface area contributed by atoms with E-state index in [1.54, 1.807) is 19.1 Å². The largest absolute Gasteiger partial charge is 0.507 e. The topological polar surface area (TPSA) is 59.7 Å². The minimum absolute atomic E-state index is 0.0365. The molecule has 4 nitrogen and oxygen atoms in total. The van der Waals surface area contributed by atoms with Gasteiger partial charge in [0.25, 0.3) is 0 Å². The highest BCUT2D eigenvalue weighted by molar-refractivity contribution is 9.09. The predicted octanol–water partition coefficient (Wildman–Crippen LogP) is 3.64. The van der Waals surface area contributed by atoms with Gasteiger partial charge in [-0.15, -0.1) is 0 Å². The van der Waals surface area contributed by atoms with Crippen molar-refractivity contribution in [2.24, 2.45) is 0 Å². The van der Waals surface area contributed by atoms with Crippen molar-refractivity contribution in [1.29, 1.82) is 0 Å². The Morgan fingerprint density at radius 2 is 2.26 bits per heavy atom. The number of hydrogen-bond donors (Lipinski definition) is 1. The lowest BCUT2D eigenvalue weighted by Gasteiger charge is -2.03. The van der Waals surface area contributed by atoms with Crippen LogP contribution in [0.3, 0.4) is 0 Å². The number of aryl methyl sites for hydroxylation is 1. The van der Waals surface area contributed by atoms with E-state index in [1.807, 2.05) is 0 Å². The Bertz CT molecular complexity index is 588. The van der Waals surface area contributed by atoms with Crippen LogP contribution in [0.5, 0.6) is 5.75 Å². The molecule has 2 rings (SSSR count). The van der Waals surface area contributed by atoms with Gasteiger partial charge in [0.1, 0.15) is 22.7 Å². The average Bonchev–Trinajstić information content (AvgIpc) is 2.76. The molecule has 0 aliphatic rings. The molecule has 19 heavy (non-hydrogen) atoms. The molecule has 102 valence electrons. The molecule has 0 saturated carbocycles. The first-order valence-electron chi connectivity index (χ1n) is 6.15. The molecule has 1 N–H and O–H groups in total. The van der Waals surface area contributed by atoms with Crippen molar-refractivity contribution in [1.82, 2.24) is 0 Å². The third-order valence-corrected chi connectivity index (χ3v) is 3.34. The summed E-state index contributed by atoms with van der Waals surface area (Å²) in [5, 5.41) is 11.2. The van der Waals surface area contributed by atoms with E-state index in [4.69, 9.17) is 9.15 Å². The fourth-order valence-electron chi connectivity index (χ4n) is 2.00. The number of carbonyl (C=O) groups excluding carboxylic acids is 1. The number of halogens is 1. The maximum atomic E-state index is 12.1. The third-order valence-electron chi connectivity index (χ3n) is 2.78. The van der Waals surface area contributed by atoms with Crippen LogP contribution >= 0.6 is 15.9 Å². The van der Waals surface area contributed by atoms with Crippen LogP contribution in [-0.2, 0) is 11.2 Å². The Labute approximate surface area is 119 Å². The number of rotatable bonds is 5. The van der Waals surface area contributed by atoms with E-state index in [9.17, 15) is 9.90 Å². The zero-order valence-corrected chi connectivity index (χ0v) is 12.2. The van der Waals surface area contributed by atoms with Crippen molar-refractivity contribution in [3.63, 3.8) is 0 Å². The van der Waals surface area contributed by atoms with Gasteiger partial charge in [0.2, 0.25) is 0 Å². The summed E-state index contributed by atoms with van der Waals surface area (Å²) in [5.41, 5.74) is 0.850. The van der Waals surface area contributed by atoms with Gasteiger partial charge in [-0.05, 0) is 25.5 Å². The average molecular weight is 327 g/mol. The first-order valence-corrected chi connectivity index (χ1v) is 7.27. The SMILES string of the molecule is CCOC(=O)c1c(CCCBr)oc2cccc(O)c12. The Hall–Kier alpha value is -1.49. The van der Waals surface area contributed by atoms with Crippen LogP contribution < -0.4 is 0 Å². The number of hydrogen-bond acceptors (Lipinski definition) is 4. The third kappa shape index (κ3) is 2.76. The van der Waals surface area contributed by atoms with Gasteiger partial charge in [-0.25, -0.2) is 4.79 Å². The molecule has 0 aliphatic carbocycles. The highest BCUT2D eigenvalue weighted by Gasteiger charge is 2.23. The number of phenolic OH excluding ortho intramolecular Hbond substituents is 1. The van der Waals surface area contributed by atoms with Gasteiger partial charge in [0.05, 0.1) is 12.0 Å². The fourth-order valence-corrected chi connectivity index (χ4v) is 2.28. The predicted molar refractivity (Wildman–Crippen MR) is 76.0 cm³/mol. The molecule has 0 radical (unpaired) electrons. The van der Waals surface area contributed by atoms with E-state index in [2.05, 4.69) is 15.9 Å². The molecule has 0 fully saturated rings. The number of phenols is 1. The Balaban J connectivity index is 2.56. The fraction of sp³-hybridized carbons (Fsp3) is 0.357. The van der Waals surface area contributed by atoms with E-state index < -0.39 is 5.97 Å². The monoisotopic (exact) mass is 326 g/mol. The van der Waals surface area contributed by atoms with Crippen molar-refractivity contribution in [3.8, 4) is 5.75 Å². The molecule has 0 amide bonds. The molecule has 0 bridgehead atoms. The summed E-state index contributed by atoms with van der Waals surface area (Å²) in [6.45, 7) is 2.04. The summed E-state index contributed by atoms with van der Waals surface area (Å²) in [6, 6.07) is 4.95. The smallest absolute Gasteiger partial charge is 0.342 e. The lowest BCUT2D eigenvalue weighted by atomic mass is 10.1. The molecule has 0 atom stereocenters. The van der Waals surface area contributed by atoms with Gasteiger partial charge in [0.15, 0.2) is 0 Å². The summed E-state index contributed by atoms with van der Waals surface area (Å²) in [7, 11) is 0. The van der Waals surface area contributed by atoms with Crippen LogP contribution in [0.2, 0.25) is 0 Å². The molecule has 1 aromatic heterocycles. The molecule has 1 heterocycles. The minimum atomic E-state index is -0.452. The van der Waals surface area contributed by atoms with Crippen LogP contribution in [0.25, 0.3) is 11.0 Å². The zero-order valence-electron chi connectivity index (χ0n) is 10.6. The van der Waals surface area contributed by atoms with Crippen LogP contribution in [-0.4, -0.2) is 23.0 Å². The van der Waals surface area contributed by atoms with E-state index in [0.717, 1.165) is 11.8 Å². The molecule has 2 aromatic rings. The van der Waals surface area contributed by atoms with Crippen molar-refractivity contribution in [2.45, 2.75) is 19.8 Å². The Morgan fingerprint density at radius 1 is 1.47 bits per heavy atom. The summed E-state index contributed by atoms with van der Waals surface area (Å²) < 4.78 is 10.7. The summed E-state index contributed by atoms with van der Waals surface area (Å²) >= 11 is 3.35. The van der Waals surface area contributed by atoms with Crippen molar-refractivity contribution < 1.29 is 19.1 Å². The molecule has 0 aliphatic heterocycles. The molecule has 0 unspecified atom stereocenters. The maximum Gasteiger partial charge on any atom is 0.342 e. The number of aromatic hydroxyl groups is 1. The molecule has 5 heteroatoms. The number of carbonyl (C=O) groups is 1. The van der Waals surface area contributed by atoms with Gasteiger partial charge < -0.3 is 14.3 Å². The summed E-state index contributed by atoms with van der Waals surface area (Å²) in [6.07, 6.45) is 1.46.